The molecule has 1 saturated carbocycles. The Labute approximate surface area is 113 Å². The van der Waals surface area contributed by atoms with Crippen molar-refractivity contribution in [1.29, 1.82) is 0 Å². The molecule has 4 rings (SSSR count). The van der Waals surface area contributed by atoms with Crippen molar-refractivity contribution < 1.29 is 4.79 Å². The predicted octanol–water partition coefficient (Wildman–Crippen LogP) is 3.81. The van der Waals surface area contributed by atoms with E-state index in [1.54, 1.807) is 0 Å². The van der Waals surface area contributed by atoms with Gasteiger partial charge in [0.15, 0.2) is 0 Å². The van der Waals surface area contributed by atoms with Crippen LogP contribution in [0.15, 0.2) is 24.3 Å². The second-order valence-electron chi connectivity index (χ2n) is 6.15. The quantitative estimate of drug-likeness (QED) is 0.823. The van der Waals surface area contributed by atoms with E-state index in [-0.39, 0.29) is 0 Å². The van der Waals surface area contributed by atoms with Crippen LogP contribution >= 0.6 is 0 Å². The van der Waals surface area contributed by atoms with Gasteiger partial charge in [-0.1, -0.05) is 31.5 Å². The van der Waals surface area contributed by atoms with Crippen LogP contribution in [0.4, 0.5) is 0 Å². The van der Waals surface area contributed by atoms with Gasteiger partial charge >= 0.3 is 0 Å². The van der Waals surface area contributed by atoms with Gasteiger partial charge in [0.1, 0.15) is 5.78 Å². The Balaban J connectivity index is 1.92. The molecule has 2 aliphatic rings. The van der Waals surface area contributed by atoms with Crippen molar-refractivity contribution in [3.8, 4) is 0 Å². The molecule has 98 valence electrons. The van der Waals surface area contributed by atoms with E-state index in [2.05, 4.69) is 36.2 Å². The lowest BCUT2D eigenvalue weighted by Crippen LogP contribution is -2.25. The molecule has 1 aromatic heterocycles. The summed E-state index contributed by atoms with van der Waals surface area (Å²) >= 11 is 0. The number of benzene rings is 1. The number of nitrogens with one attached hydrogen (secondary N) is 1. The Hall–Kier alpha value is -1.57. The summed E-state index contributed by atoms with van der Waals surface area (Å²) in [5.41, 5.74) is 4.09. The summed E-state index contributed by atoms with van der Waals surface area (Å²) in [4.78, 5) is 15.5. The number of para-hydroxylation sites is 1. The van der Waals surface area contributed by atoms with E-state index in [0.717, 1.165) is 19.3 Å². The second-order valence-corrected chi connectivity index (χ2v) is 6.15. The number of aromatic amines is 1. The third-order valence-electron chi connectivity index (χ3n) is 5.24. The molecular formula is C17H19NO. The average molecular weight is 253 g/mol. The fourth-order valence-corrected chi connectivity index (χ4v) is 4.31. The molecule has 2 aliphatic carbocycles. The first kappa shape index (κ1) is 11.3. The minimum absolute atomic E-state index is 0.452. The SMILES string of the molecule is CCC1Cc2c([nH]c3ccccc23)C2CC(=O)CC12. The molecule has 19 heavy (non-hydrogen) atoms. The fraction of sp³-hybridized carbons (Fsp3) is 0.471. The van der Waals surface area contributed by atoms with Gasteiger partial charge < -0.3 is 4.98 Å². The van der Waals surface area contributed by atoms with Crippen molar-refractivity contribution >= 4 is 16.7 Å². The van der Waals surface area contributed by atoms with E-state index in [1.807, 2.05) is 0 Å². The molecule has 0 aliphatic heterocycles. The molecule has 1 aromatic carbocycles. The molecule has 3 atom stereocenters. The zero-order valence-corrected chi connectivity index (χ0v) is 11.3. The molecule has 1 N–H and O–H groups in total. The summed E-state index contributed by atoms with van der Waals surface area (Å²) in [7, 11) is 0. The maximum absolute atomic E-state index is 11.9. The number of fused-ring (bicyclic) bond motifs is 5. The van der Waals surface area contributed by atoms with E-state index in [4.69, 9.17) is 0 Å². The molecule has 0 amide bonds. The molecule has 2 heteroatoms. The van der Waals surface area contributed by atoms with Gasteiger partial charge in [0.05, 0.1) is 0 Å². The number of hydrogen-bond acceptors (Lipinski definition) is 1. The van der Waals surface area contributed by atoms with E-state index in [1.165, 1.54) is 28.6 Å². The number of Topliss-reactive ketones (excluding diaryl/α,β-unsaturated/α-hetero) is 1. The van der Waals surface area contributed by atoms with Gasteiger partial charge in [-0.3, -0.25) is 4.79 Å². The molecule has 2 aromatic rings. The lowest BCUT2D eigenvalue weighted by molar-refractivity contribution is -0.117. The summed E-state index contributed by atoms with van der Waals surface area (Å²) in [6, 6.07) is 8.57. The molecule has 2 nitrogen and oxygen atoms in total. The van der Waals surface area contributed by atoms with Gasteiger partial charge in [-0.2, -0.15) is 0 Å². The smallest absolute Gasteiger partial charge is 0.133 e. The summed E-state index contributed by atoms with van der Waals surface area (Å²) in [5.74, 6) is 2.18. The normalized spacial score (nSPS) is 29.5. The first-order valence-corrected chi connectivity index (χ1v) is 7.39. The summed E-state index contributed by atoms with van der Waals surface area (Å²) in [6.07, 6.45) is 3.89. The third kappa shape index (κ3) is 1.52. The number of rotatable bonds is 1. The Morgan fingerprint density at radius 3 is 2.89 bits per heavy atom. The van der Waals surface area contributed by atoms with Gasteiger partial charge in [0.2, 0.25) is 0 Å². The van der Waals surface area contributed by atoms with Crippen LogP contribution in [0.25, 0.3) is 10.9 Å². The molecule has 1 fully saturated rings. The zero-order chi connectivity index (χ0) is 13.0. The first-order valence-electron chi connectivity index (χ1n) is 7.39. The second kappa shape index (κ2) is 3.96. The first-order chi connectivity index (χ1) is 9.28. The standard InChI is InChI=1S/C17H19NO/c1-2-10-7-14-12-5-3-4-6-16(12)18-17(14)15-9-11(19)8-13(10)15/h3-6,10,13,15,18H,2,7-9H2,1H3. The maximum Gasteiger partial charge on any atom is 0.133 e. The van der Waals surface area contributed by atoms with Gasteiger partial charge in [0, 0.05) is 35.4 Å². The summed E-state index contributed by atoms with van der Waals surface area (Å²) in [6.45, 7) is 2.27. The van der Waals surface area contributed by atoms with Gasteiger partial charge in [0.25, 0.3) is 0 Å². The van der Waals surface area contributed by atoms with E-state index >= 15 is 0 Å². The van der Waals surface area contributed by atoms with Crippen molar-refractivity contribution in [2.45, 2.75) is 38.5 Å². The molecule has 1 heterocycles. The third-order valence-corrected chi connectivity index (χ3v) is 5.24. The Morgan fingerprint density at radius 1 is 1.21 bits per heavy atom. The van der Waals surface area contributed by atoms with E-state index in [9.17, 15) is 4.79 Å². The maximum atomic E-state index is 11.9. The number of ketones is 1. The number of H-pyrrole nitrogens is 1. The summed E-state index contributed by atoms with van der Waals surface area (Å²) < 4.78 is 0. The topological polar surface area (TPSA) is 32.9 Å². The minimum Gasteiger partial charge on any atom is -0.358 e. The van der Waals surface area contributed by atoms with Gasteiger partial charge in [-0.05, 0) is 29.9 Å². The van der Waals surface area contributed by atoms with Crippen LogP contribution in [0.5, 0.6) is 0 Å². The Morgan fingerprint density at radius 2 is 2.05 bits per heavy atom. The average Bonchev–Trinajstić information content (AvgIpc) is 2.97. The molecule has 0 radical (unpaired) electrons. The minimum atomic E-state index is 0.452. The number of aromatic nitrogens is 1. The highest BCUT2D eigenvalue weighted by Crippen LogP contribution is 2.50. The van der Waals surface area contributed by atoms with Crippen LogP contribution in [0.3, 0.4) is 0 Å². The van der Waals surface area contributed by atoms with Crippen LogP contribution in [0.2, 0.25) is 0 Å². The molecular weight excluding hydrogens is 234 g/mol. The van der Waals surface area contributed by atoms with Crippen LogP contribution in [0, 0.1) is 11.8 Å². The largest absolute Gasteiger partial charge is 0.358 e. The lowest BCUT2D eigenvalue weighted by Gasteiger charge is -2.33. The number of hydrogen-bond donors (Lipinski definition) is 1. The Bertz CT molecular complexity index is 654. The molecule has 3 unspecified atom stereocenters. The van der Waals surface area contributed by atoms with Crippen LogP contribution in [-0.2, 0) is 11.2 Å². The van der Waals surface area contributed by atoms with Crippen molar-refractivity contribution in [3.63, 3.8) is 0 Å². The van der Waals surface area contributed by atoms with Crippen LogP contribution < -0.4 is 0 Å². The van der Waals surface area contributed by atoms with Gasteiger partial charge in [-0.25, -0.2) is 0 Å². The lowest BCUT2D eigenvalue weighted by atomic mass is 9.72. The van der Waals surface area contributed by atoms with Crippen molar-refractivity contribution in [3.05, 3.63) is 35.5 Å². The highest BCUT2D eigenvalue weighted by Gasteiger charge is 2.43. The van der Waals surface area contributed by atoms with Crippen LogP contribution in [0.1, 0.15) is 43.4 Å². The molecule has 0 spiro atoms. The number of carbonyl (C=O) groups excluding carboxylic acids is 1. The summed E-state index contributed by atoms with van der Waals surface area (Å²) in [5, 5.41) is 1.37. The number of carbonyl (C=O) groups is 1. The Kier molecular flexibility index (Phi) is 2.35. The van der Waals surface area contributed by atoms with E-state index < -0.39 is 0 Å². The van der Waals surface area contributed by atoms with Crippen molar-refractivity contribution in [2.24, 2.45) is 11.8 Å². The van der Waals surface area contributed by atoms with Crippen molar-refractivity contribution in [2.75, 3.05) is 0 Å². The zero-order valence-electron chi connectivity index (χ0n) is 11.3. The van der Waals surface area contributed by atoms with E-state index in [0.29, 0.717) is 23.5 Å². The predicted molar refractivity (Wildman–Crippen MR) is 76.3 cm³/mol. The molecule has 0 bridgehead atoms. The monoisotopic (exact) mass is 253 g/mol. The highest BCUT2D eigenvalue weighted by atomic mass is 16.1. The van der Waals surface area contributed by atoms with Gasteiger partial charge in [-0.15, -0.1) is 0 Å². The van der Waals surface area contributed by atoms with Crippen LogP contribution in [-0.4, -0.2) is 10.8 Å². The highest BCUT2D eigenvalue weighted by molar-refractivity contribution is 5.87. The van der Waals surface area contributed by atoms with Crippen molar-refractivity contribution in [1.82, 2.24) is 4.98 Å². The fourth-order valence-electron chi connectivity index (χ4n) is 4.31. The molecule has 0 saturated heterocycles.